The van der Waals surface area contributed by atoms with E-state index in [4.69, 9.17) is 4.74 Å². The highest BCUT2D eigenvalue weighted by Gasteiger charge is 2.19. The zero-order chi connectivity index (χ0) is 8.27. The maximum absolute atomic E-state index is 11.0. The second-order valence-corrected chi connectivity index (χ2v) is 3.01. The van der Waals surface area contributed by atoms with Gasteiger partial charge in [-0.3, -0.25) is 0 Å². The van der Waals surface area contributed by atoms with Crippen molar-refractivity contribution in [1.82, 2.24) is 10.6 Å². The Morgan fingerprint density at radius 3 is 2.55 bits per heavy atom. The third kappa shape index (κ3) is 2.76. The topological polar surface area (TPSA) is 50.4 Å². The van der Waals surface area contributed by atoms with Crippen LogP contribution in [0.15, 0.2) is 0 Å². The predicted octanol–water partition coefficient (Wildman–Crippen LogP) is 0.0928. The van der Waals surface area contributed by atoms with Crippen LogP contribution in [-0.2, 0) is 4.74 Å². The van der Waals surface area contributed by atoms with Crippen LogP contribution >= 0.6 is 0 Å². The molecule has 0 spiro atoms. The number of rotatable bonds is 2. The number of hydrogen-bond donors (Lipinski definition) is 2. The fourth-order valence-electron chi connectivity index (χ4n) is 0.808. The van der Waals surface area contributed by atoms with E-state index in [0.717, 1.165) is 0 Å². The van der Waals surface area contributed by atoms with E-state index in [1.807, 2.05) is 13.8 Å². The molecule has 0 radical (unpaired) electrons. The lowest BCUT2D eigenvalue weighted by molar-refractivity contribution is -0.0000868. The number of amides is 2. The van der Waals surface area contributed by atoms with Gasteiger partial charge in [0, 0.05) is 6.04 Å². The molecule has 2 amide bonds. The van der Waals surface area contributed by atoms with Crippen LogP contribution in [0, 0.1) is 0 Å². The minimum absolute atomic E-state index is 0.103. The van der Waals surface area contributed by atoms with Gasteiger partial charge in [-0.15, -0.1) is 0 Å². The second-order valence-electron chi connectivity index (χ2n) is 3.01. The van der Waals surface area contributed by atoms with E-state index in [2.05, 4.69) is 10.6 Å². The van der Waals surface area contributed by atoms with Gasteiger partial charge in [-0.05, 0) is 13.8 Å². The first-order valence-electron chi connectivity index (χ1n) is 3.83. The summed E-state index contributed by atoms with van der Waals surface area (Å²) in [6, 6.07) is 0.304. The zero-order valence-electron chi connectivity index (χ0n) is 6.89. The molecule has 0 unspecified atom stereocenters. The Labute approximate surface area is 66.3 Å². The maximum Gasteiger partial charge on any atom is 0.315 e. The van der Waals surface area contributed by atoms with Crippen LogP contribution in [0.4, 0.5) is 4.79 Å². The Morgan fingerprint density at radius 1 is 1.55 bits per heavy atom. The molecule has 0 atom stereocenters. The van der Waals surface area contributed by atoms with Gasteiger partial charge in [-0.2, -0.15) is 0 Å². The molecule has 11 heavy (non-hydrogen) atoms. The number of ether oxygens (including phenoxy) is 1. The minimum Gasteiger partial charge on any atom is -0.377 e. The first-order chi connectivity index (χ1) is 5.18. The van der Waals surface area contributed by atoms with Crippen LogP contribution in [0.3, 0.4) is 0 Å². The van der Waals surface area contributed by atoms with E-state index in [-0.39, 0.29) is 18.1 Å². The van der Waals surface area contributed by atoms with Crippen LogP contribution in [0.2, 0.25) is 0 Å². The molecule has 0 aliphatic carbocycles. The molecule has 0 saturated carbocycles. The van der Waals surface area contributed by atoms with Crippen molar-refractivity contribution in [3.05, 3.63) is 0 Å². The fraction of sp³-hybridized carbons (Fsp3) is 0.857. The van der Waals surface area contributed by atoms with Crippen molar-refractivity contribution in [3.8, 4) is 0 Å². The summed E-state index contributed by atoms with van der Waals surface area (Å²) < 4.78 is 4.90. The monoisotopic (exact) mass is 158 g/mol. The Balaban J connectivity index is 2.09. The van der Waals surface area contributed by atoms with Crippen molar-refractivity contribution >= 4 is 6.03 Å². The van der Waals surface area contributed by atoms with Crippen LogP contribution < -0.4 is 10.6 Å². The summed E-state index contributed by atoms with van der Waals surface area (Å²) in [6.07, 6.45) is 0. The van der Waals surface area contributed by atoms with E-state index in [1.165, 1.54) is 0 Å². The molecule has 0 aromatic heterocycles. The van der Waals surface area contributed by atoms with E-state index in [1.54, 1.807) is 0 Å². The van der Waals surface area contributed by atoms with Crippen molar-refractivity contribution in [1.29, 1.82) is 0 Å². The van der Waals surface area contributed by atoms with Gasteiger partial charge in [0.25, 0.3) is 0 Å². The average Bonchev–Trinajstić information content (AvgIpc) is 1.77. The molecule has 1 heterocycles. The highest BCUT2D eigenvalue weighted by molar-refractivity contribution is 5.74. The lowest BCUT2D eigenvalue weighted by atomic mass is 10.3. The number of nitrogens with one attached hydrogen (secondary N) is 2. The molecule has 4 nitrogen and oxygen atoms in total. The molecule has 1 saturated heterocycles. The quantitative estimate of drug-likeness (QED) is 0.598. The van der Waals surface area contributed by atoms with Crippen molar-refractivity contribution in [3.63, 3.8) is 0 Å². The normalized spacial score (nSPS) is 17.7. The van der Waals surface area contributed by atoms with E-state index < -0.39 is 0 Å². The van der Waals surface area contributed by atoms with Crippen LogP contribution in [0.25, 0.3) is 0 Å². The molecule has 4 heteroatoms. The standard InChI is InChI=1S/C7H14N2O2/c1-5(2)8-7(10)9-6-3-11-4-6/h5-6H,3-4H2,1-2H3,(H2,8,9,10). The molecular formula is C7H14N2O2. The first kappa shape index (κ1) is 8.33. The van der Waals surface area contributed by atoms with Crippen LogP contribution in [0.5, 0.6) is 0 Å². The SMILES string of the molecule is CC(C)NC(=O)NC1COC1. The fourth-order valence-corrected chi connectivity index (χ4v) is 0.808. The number of carbonyl (C=O) groups excluding carboxylic acids is 1. The summed E-state index contributed by atoms with van der Waals surface area (Å²) in [4.78, 5) is 11.0. The summed E-state index contributed by atoms with van der Waals surface area (Å²) >= 11 is 0. The van der Waals surface area contributed by atoms with Crippen molar-refractivity contribution in [2.45, 2.75) is 25.9 Å². The Bertz CT molecular complexity index is 143. The van der Waals surface area contributed by atoms with Crippen LogP contribution in [0.1, 0.15) is 13.8 Å². The number of carbonyl (C=O) groups is 1. The Kier molecular flexibility index (Phi) is 2.70. The highest BCUT2D eigenvalue weighted by Crippen LogP contribution is 1.98. The molecule has 1 rings (SSSR count). The van der Waals surface area contributed by atoms with Gasteiger partial charge < -0.3 is 15.4 Å². The molecule has 0 aromatic carbocycles. The zero-order valence-corrected chi connectivity index (χ0v) is 6.89. The summed E-state index contributed by atoms with van der Waals surface area (Å²) in [5, 5.41) is 5.51. The Morgan fingerprint density at radius 2 is 2.18 bits per heavy atom. The average molecular weight is 158 g/mol. The van der Waals surface area contributed by atoms with Crippen molar-refractivity contribution < 1.29 is 9.53 Å². The van der Waals surface area contributed by atoms with Gasteiger partial charge in [0.05, 0.1) is 19.3 Å². The molecule has 1 fully saturated rings. The summed E-state index contributed by atoms with van der Waals surface area (Å²) in [7, 11) is 0. The van der Waals surface area contributed by atoms with Crippen LogP contribution in [-0.4, -0.2) is 31.3 Å². The maximum atomic E-state index is 11.0. The van der Waals surface area contributed by atoms with Gasteiger partial charge >= 0.3 is 6.03 Å². The molecule has 0 aromatic rings. The smallest absolute Gasteiger partial charge is 0.315 e. The first-order valence-corrected chi connectivity index (χ1v) is 3.83. The van der Waals surface area contributed by atoms with E-state index in [9.17, 15) is 4.79 Å². The van der Waals surface area contributed by atoms with E-state index in [0.29, 0.717) is 13.2 Å². The predicted molar refractivity (Wildman–Crippen MR) is 41.4 cm³/mol. The van der Waals surface area contributed by atoms with Gasteiger partial charge in [0.2, 0.25) is 0 Å². The summed E-state index contributed by atoms with van der Waals surface area (Å²) in [6.45, 7) is 5.14. The molecule has 64 valence electrons. The third-order valence-corrected chi connectivity index (χ3v) is 1.39. The summed E-state index contributed by atoms with van der Waals surface area (Å²) in [5.41, 5.74) is 0. The lowest BCUT2D eigenvalue weighted by Crippen LogP contribution is -2.52. The molecule has 1 aliphatic heterocycles. The van der Waals surface area contributed by atoms with Crippen molar-refractivity contribution in [2.24, 2.45) is 0 Å². The van der Waals surface area contributed by atoms with Gasteiger partial charge in [-0.25, -0.2) is 4.79 Å². The third-order valence-electron chi connectivity index (χ3n) is 1.39. The van der Waals surface area contributed by atoms with Gasteiger partial charge in [-0.1, -0.05) is 0 Å². The lowest BCUT2D eigenvalue weighted by Gasteiger charge is -2.27. The van der Waals surface area contributed by atoms with Crippen molar-refractivity contribution in [2.75, 3.05) is 13.2 Å². The second kappa shape index (κ2) is 3.57. The largest absolute Gasteiger partial charge is 0.377 e. The minimum atomic E-state index is -0.103. The van der Waals surface area contributed by atoms with Gasteiger partial charge in [0.15, 0.2) is 0 Å². The molecular weight excluding hydrogens is 144 g/mol. The number of hydrogen-bond acceptors (Lipinski definition) is 2. The molecule has 1 aliphatic rings. The number of urea groups is 1. The van der Waals surface area contributed by atoms with Gasteiger partial charge in [0.1, 0.15) is 0 Å². The highest BCUT2D eigenvalue weighted by atomic mass is 16.5. The molecule has 2 N–H and O–H groups in total. The summed E-state index contributed by atoms with van der Waals surface area (Å²) in [5.74, 6) is 0. The van der Waals surface area contributed by atoms with E-state index >= 15 is 0 Å². The Hall–Kier alpha value is -0.770. The molecule has 0 bridgehead atoms.